The summed E-state index contributed by atoms with van der Waals surface area (Å²) in [4.78, 5) is 16.7. The molecule has 3 heterocycles. The first kappa shape index (κ1) is 14.4. The first-order valence-electron chi connectivity index (χ1n) is 7.70. The van der Waals surface area contributed by atoms with Crippen molar-refractivity contribution in [3.05, 3.63) is 24.0 Å². The van der Waals surface area contributed by atoms with Crippen molar-refractivity contribution in [1.29, 1.82) is 0 Å². The molecule has 6 heteroatoms. The Kier molecular flexibility index (Phi) is 4.77. The van der Waals surface area contributed by atoms with E-state index in [1.54, 1.807) is 18.3 Å². The largest absolute Gasteiger partial charge is 0.379 e. The number of likely N-dealkylation sites (tertiary alicyclic amines) is 1. The molecule has 21 heavy (non-hydrogen) atoms. The molecule has 2 aliphatic rings. The number of ether oxygens (including phenoxy) is 1. The smallest absolute Gasteiger partial charge is 0.274 e. The van der Waals surface area contributed by atoms with Gasteiger partial charge in [0.1, 0.15) is 0 Å². The molecule has 0 aliphatic carbocycles. The second-order valence-electron chi connectivity index (χ2n) is 5.76. The molecule has 6 nitrogen and oxygen atoms in total. The Morgan fingerprint density at radius 3 is 2.67 bits per heavy atom. The van der Waals surface area contributed by atoms with Crippen LogP contribution in [0.3, 0.4) is 0 Å². The summed E-state index contributed by atoms with van der Waals surface area (Å²) in [6.45, 7) is 6.57. The second kappa shape index (κ2) is 6.95. The van der Waals surface area contributed by atoms with Gasteiger partial charge < -0.3 is 9.64 Å². The van der Waals surface area contributed by atoms with E-state index in [2.05, 4.69) is 15.1 Å². The van der Waals surface area contributed by atoms with Gasteiger partial charge in [-0.1, -0.05) is 0 Å². The molecule has 0 radical (unpaired) electrons. The lowest BCUT2D eigenvalue weighted by molar-refractivity contribution is 0.0242. The fraction of sp³-hybridized carbons (Fsp3) is 0.667. The summed E-state index contributed by atoms with van der Waals surface area (Å²) >= 11 is 0. The Labute approximate surface area is 125 Å². The average Bonchev–Trinajstić information content (AvgIpc) is 2.57. The van der Waals surface area contributed by atoms with Gasteiger partial charge >= 0.3 is 0 Å². The summed E-state index contributed by atoms with van der Waals surface area (Å²) in [6.07, 6.45) is 3.73. The molecule has 0 unspecified atom stereocenters. The number of rotatable bonds is 3. The van der Waals surface area contributed by atoms with Gasteiger partial charge in [-0.15, -0.1) is 5.10 Å². The van der Waals surface area contributed by atoms with Crippen LogP contribution in [0, 0.1) is 5.92 Å². The van der Waals surface area contributed by atoms with E-state index in [1.807, 2.05) is 4.90 Å². The van der Waals surface area contributed by atoms with Crippen LogP contribution in [0.25, 0.3) is 0 Å². The molecule has 114 valence electrons. The van der Waals surface area contributed by atoms with Crippen molar-refractivity contribution in [1.82, 2.24) is 20.0 Å². The zero-order valence-electron chi connectivity index (χ0n) is 12.3. The predicted molar refractivity (Wildman–Crippen MR) is 77.9 cm³/mol. The van der Waals surface area contributed by atoms with E-state index in [-0.39, 0.29) is 5.91 Å². The van der Waals surface area contributed by atoms with Crippen LogP contribution < -0.4 is 0 Å². The molecule has 3 rings (SSSR count). The van der Waals surface area contributed by atoms with Crippen LogP contribution in [0.15, 0.2) is 18.3 Å². The zero-order chi connectivity index (χ0) is 14.5. The third-order valence-corrected chi connectivity index (χ3v) is 4.31. The van der Waals surface area contributed by atoms with Gasteiger partial charge in [-0.25, -0.2) is 0 Å². The molecule has 1 aromatic rings. The van der Waals surface area contributed by atoms with Crippen molar-refractivity contribution in [3.63, 3.8) is 0 Å². The SMILES string of the molecule is O=C(c1cccnn1)N1CCC(CN2CCOCC2)CC1. The lowest BCUT2D eigenvalue weighted by Crippen LogP contribution is -2.44. The molecule has 1 amide bonds. The van der Waals surface area contributed by atoms with Crippen LogP contribution >= 0.6 is 0 Å². The molecule has 2 saturated heterocycles. The van der Waals surface area contributed by atoms with E-state index >= 15 is 0 Å². The fourth-order valence-electron chi connectivity index (χ4n) is 3.05. The molecule has 0 bridgehead atoms. The van der Waals surface area contributed by atoms with Gasteiger partial charge in [-0.3, -0.25) is 9.69 Å². The van der Waals surface area contributed by atoms with Gasteiger partial charge in [0.05, 0.1) is 13.2 Å². The van der Waals surface area contributed by atoms with Crippen LogP contribution in [-0.2, 0) is 4.74 Å². The van der Waals surface area contributed by atoms with Crippen LogP contribution in [-0.4, -0.2) is 71.8 Å². The first-order valence-corrected chi connectivity index (χ1v) is 7.70. The Balaban J connectivity index is 1.47. The molecular weight excluding hydrogens is 268 g/mol. The maximum Gasteiger partial charge on any atom is 0.274 e. The van der Waals surface area contributed by atoms with Gasteiger partial charge in [0.25, 0.3) is 5.91 Å². The predicted octanol–water partition coefficient (Wildman–Crippen LogP) is 0.661. The van der Waals surface area contributed by atoms with E-state index < -0.39 is 0 Å². The molecule has 0 saturated carbocycles. The monoisotopic (exact) mass is 290 g/mol. The third-order valence-electron chi connectivity index (χ3n) is 4.31. The van der Waals surface area contributed by atoms with Crippen LogP contribution in [0.1, 0.15) is 23.3 Å². The number of hydrogen-bond acceptors (Lipinski definition) is 5. The van der Waals surface area contributed by atoms with Crippen LogP contribution in [0.4, 0.5) is 0 Å². The number of morpholine rings is 1. The molecule has 2 aliphatic heterocycles. The fourth-order valence-corrected chi connectivity index (χ4v) is 3.05. The summed E-state index contributed by atoms with van der Waals surface area (Å²) in [5.41, 5.74) is 0.448. The summed E-state index contributed by atoms with van der Waals surface area (Å²) < 4.78 is 5.38. The Morgan fingerprint density at radius 2 is 2.00 bits per heavy atom. The normalized spacial score (nSPS) is 21.4. The Morgan fingerprint density at radius 1 is 1.24 bits per heavy atom. The minimum atomic E-state index is 0.00734. The molecule has 2 fully saturated rings. The van der Waals surface area contributed by atoms with Crippen molar-refractivity contribution >= 4 is 5.91 Å². The van der Waals surface area contributed by atoms with E-state index in [0.29, 0.717) is 11.6 Å². The molecule has 0 spiro atoms. The van der Waals surface area contributed by atoms with Gasteiger partial charge in [0.2, 0.25) is 0 Å². The number of aromatic nitrogens is 2. The van der Waals surface area contributed by atoms with Gasteiger partial charge in [0.15, 0.2) is 5.69 Å². The summed E-state index contributed by atoms with van der Waals surface area (Å²) in [5.74, 6) is 0.696. The molecule has 0 N–H and O–H groups in total. The van der Waals surface area contributed by atoms with Gasteiger partial charge in [0, 0.05) is 38.9 Å². The number of carbonyl (C=O) groups is 1. The Bertz CT molecular complexity index is 454. The van der Waals surface area contributed by atoms with Gasteiger partial charge in [-0.05, 0) is 30.9 Å². The van der Waals surface area contributed by atoms with E-state index in [4.69, 9.17) is 4.74 Å². The first-order chi connectivity index (χ1) is 10.3. The van der Waals surface area contributed by atoms with E-state index in [9.17, 15) is 4.79 Å². The molecule has 0 aromatic carbocycles. The number of carbonyl (C=O) groups excluding carboxylic acids is 1. The molecule has 1 aromatic heterocycles. The lowest BCUT2D eigenvalue weighted by Gasteiger charge is -2.35. The Hall–Kier alpha value is -1.53. The van der Waals surface area contributed by atoms with E-state index in [1.165, 1.54) is 0 Å². The molecule has 0 atom stereocenters. The maximum atomic E-state index is 12.3. The van der Waals surface area contributed by atoms with Crippen molar-refractivity contribution in [2.24, 2.45) is 5.92 Å². The average molecular weight is 290 g/mol. The summed E-state index contributed by atoms with van der Waals surface area (Å²) in [7, 11) is 0. The van der Waals surface area contributed by atoms with Crippen molar-refractivity contribution < 1.29 is 9.53 Å². The minimum absolute atomic E-state index is 0.00734. The number of amides is 1. The van der Waals surface area contributed by atoms with Crippen molar-refractivity contribution in [2.75, 3.05) is 45.9 Å². The molecular formula is C15H22N4O2. The second-order valence-corrected chi connectivity index (χ2v) is 5.76. The standard InChI is InChI=1S/C15H22N4O2/c20-15(14-2-1-5-16-17-14)19-6-3-13(4-7-19)12-18-8-10-21-11-9-18/h1-2,5,13H,3-4,6-12H2. The third kappa shape index (κ3) is 3.77. The highest BCUT2D eigenvalue weighted by atomic mass is 16.5. The number of nitrogens with zero attached hydrogens (tertiary/aromatic N) is 4. The topological polar surface area (TPSA) is 58.6 Å². The highest BCUT2D eigenvalue weighted by molar-refractivity contribution is 5.92. The zero-order valence-corrected chi connectivity index (χ0v) is 12.3. The summed E-state index contributed by atoms with van der Waals surface area (Å²) in [5, 5.41) is 7.68. The number of piperidine rings is 1. The number of hydrogen-bond donors (Lipinski definition) is 0. The lowest BCUT2D eigenvalue weighted by atomic mass is 9.96. The van der Waals surface area contributed by atoms with Crippen LogP contribution in [0.2, 0.25) is 0 Å². The van der Waals surface area contributed by atoms with Crippen molar-refractivity contribution in [2.45, 2.75) is 12.8 Å². The van der Waals surface area contributed by atoms with Gasteiger partial charge in [-0.2, -0.15) is 5.10 Å². The highest BCUT2D eigenvalue weighted by Gasteiger charge is 2.26. The van der Waals surface area contributed by atoms with E-state index in [0.717, 1.165) is 58.8 Å². The van der Waals surface area contributed by atoms with Crippen LogP contribution in [0.5, 0.6) is 0 Å². The highest BCUT2D eigenvalue weighted by Crippen LogP contribution is 2.20. The quantitative estimate of drug-likeness (QED) is 0.818. The maximum absolute atomic E-state index is 12.3. The van der Waals surface area contributed by atoms with Crippen molar-refractivity contribution in [3.8, 4) is 0 Å². The minimum Gasteiger partial charge on any atom is -0.379 e. The summed E-state index contributed by atoms with van der Waals surface area (Å²) in [6, 6.07) is 3.49.